The molecule has 0 saturated carbocycles. The number of nitrogens with zero attached hydrogens (tertiary/aromatic N) is 1. The minimum atomic E-state index is -0.933. The number of ether oxygens (including phenoxy) is 2. The minimum absolute atomic E-state index is 0.255. The summed E-state index contributed by atoms with van der Waals surface area (Å²) in [5, 5.41) is 12.2. The Bertz CT molecular complexity index is 593. The predicted molar refractivity (Wildman–Crippen MR) is 95.1 cm³/mol. The Balaban J connectivity index is 2.90. The minimum Gasteiger partial charge on any atom is -0.494 e. The molecule has 1 aromatic rings. The van der Waals surface area contributed by atoms with Gasteiger partial charge >= 0.3 is 0 Å². The van der Waals surface area contributed by atoms with Gasteiger partial charge in [-0.05, 0) is 43.9 Å². The highest BCUT2D eigenvalue weighted by Gasteiger charge is 2.34. The molecule has 0 aromatic heterocycles. The van der Waals surface area contributed by atoms with Gasteiger partial charge in [0.1, 0.15) is 17.4 Å². The Morgan fingerprint density at radius 1 is 1.42 bits per heavy atom. The molecule has 132 valence electrons. The van der Waals surface area contributed by atoms with Crippen LogP contribution in [0.15, 0.2) is 18.2 Å². The fourth-order valence-corrected chi connectivity index (χ4v) is 2.45. The molecule has 1 rings (SSSR count). The second-order valence-corrected chi connectivity index (χ2v) is 6.51. The Labute approximate surface area is 145 Å². The fraction of sp³-hybridized carbons (Fsp3) is 0.579. The lowest BCUT2D eigenvalue weighted by Gasteiger charge is -2.28. The molecule has 0 aliphatic carbocycles. The van der Waals surface area contributed by atoms with Gasteiger partial charge < -0.3 is 14.8 Å². The van der Waals surface area contributed by atoms with E-state index < -0.39 is 5.60 Å². The van der Waals surface area contributed by atoms with Crippen LogP contribution in [0, 0.1) is 17.2 Å². The van der Waals surface area contributed by atoms with E-state index in [1.54, 1.807) is 25.1 Å². The highest BCUT2D eigenvalue weighted by molar-refractivity contribution is 5.98. The summed E-state index contributed by atoms with van der Waals surface area (Å²) in [6, 6.07) is 7.22. The number of anilines is 1. The van der Waals surface area contributed by atoms with Crippen LogP contribution in [0.3, 0.4) is 0 Å². The zero-order valence-electron chi connectivity index (χ0n) is 15.3. The molecule has 24 heavy (non-hydrogen) atoms. The van der Waals surface area contributed by atoms with E-state index in [1.165, 1.54) is 7.11 Å². The maximum Gasteiger partial charge on any atom is 0.256 e. The van der Waals surface area contributed by atoms with Crippen molar-refractivity contribution in [3.63, 3.8) is 0 Å². The molecule has 0 saturated heterocycles. The van der Waals surface area contributed by atoms with Crippen LogP contribution in [0.1, 0.15) is 52.5 Å². The summed E-state index contributed by atoms with van der Waals surface area (Å²) in [4.78, 5) is 12.6. The monoisotopic (exact) mass is 332 g/mol. The van der Waals surface area contributed by atoms with Crippen LogP contribution in [0.25, 0.3) is 0 Å². The highest BCUT2D eigenvalue weighted by atomic mass is 16.5. The molecule has 5 nitrogen and oxygen atoms in total. The molecule has 5 heteroatoms. The van der Waals surface area contributed by atoms with Gasteiger partial charge in [0.05, 0.1) is 17.9 Å². The Morgan fingerprint density at radius 2 is 2.12 bits per heavy atom. The molecular formula is C19H28N2O3. The molecule has 0 spiro atoms. The molecular weight excluding hydrogens is 304 g/mol. The number of unbranched alkanes of at least 4 members (excludes halogenated alkanes) is 1. The Kier molecular flexibility index (Phi) is 7.73. The molecule has 0 bridgehead atoms. The van der Waals surface area contributed by atoms with Crippen molar-refractivity contribution in [2.45, 2.75) is 52.6 Å². The normalized spacial score (nSPS) is 13.2. The topological polar surface area (TPSA) is 71.3 Å². The number of hydrogen-bond donors (Lipinski definition) is 1. The third-order valence-electron chi connectivity index (χ3n) is 3.85. The van der Waals surface area contributed by atoms with Gasteiger partial charge in [-0.25, -0.2) is 0 Å². The van der Waals surface area contributed by atoms with Crippen LogP contribution in [0.5, 0.6) is 5.75 Å². The Morgan fingerprint density at radius 3 is 2.67 bits per heavy atom. The van der Waals surface area contributed by atoms with E-state index in [-0.39, 0.29) is 5.91 Å². The molecule has 1 atom stereocenters. The van der Waals surface area contributed by atoms with Gasteiger partial charge in [0, 0.05) is 7.11 Å². The second kappa shape index (κ2) is 9.29. The third kappa shape index (κ3) is 5.54. The van der Waals surface area contributed by atoms with Crippen molar-refractivity contribution in [3.05, 3.63) is 23.8 Å². The van der Waals surface area contributed by atoms with Crippen molar-refractivity contribution in [2.75, 3.05) is 19.0 Å². The summed E-state index contributed by atoms with van der Waals surface area (Å²) in [5.41, 5.74) is -0.0882. The van der Waals surface area contributed by atoms with Crippen LogP contribution in [0.4, 0.5) is 5.69 Å². The summed E-state index contributed by atoms with van der Waals surface area (Å²) in [5.74, 6) is 0.690. The van der Waals surface area contributed by atoms with Crippen LogP contribution in [-0.2, 0) is 9.53 Å². The highest BCUT2D eigenvalue weighted by Crippen LogP contribution is 2.26. The number of rotatable bonds is 9. The zero-order valence-corrected chi connectivity index (χ0v) is 15.3. The van der Waals surface area contributed by atoms with Crippen LogP contribution in [-0.4, -0.2) is 25.2 Å². The molecule has 0 fully saturated rings. The average molecular weight is 332 g/mol. The molecule has 1 N–H and O–H groups in total. The number of amides is 1. The van der Waals surface area contributed by atoms with E-state index in [4.69, 9.17) is 9.47 Å². The maximum absolute atomic E-state index is 12.6. The van der Waals surface area contributed by atoms with Crippen molar-refractivity contribution >= 4 is 11.6 Å². The van der Waals surface area contributed by atoms with E-state index in [0.29, 0.717) is 35.9 Å². The van der Waals surface area contributed by atoms with Crippen molar-refractivity contribution in [3.8, 4) is 11.8 Å². The van der Waals surface area contributed by atoms with E-state index in [0.717, 1.165) is 12.8 Å². The number of carbonyl (C=O) groups is 1. The first-order valence-electron chi connectivity index (χ1n) is 8.39. The van der Waals surface area contributed by atoms with Crippen LogP contribution < -0.4 is 10.1 Å². The van der Waals surface area contributed by atoms with E-state index in [9.17, 15) is 10.1 Å². The van der Waals surface area contributed by atoms with E-state index >= 15 is 0 Å². The molecule has 0 unspecified atom stereocenters. The average Bonchev–Trinajstić information content (AvgIpc) is 2.55. The van der Waals surface area contributed by atoms with Gasteiger partial charge in [-0.2, -0.15) is 5.26 Å². The summed E-state index contributed by atoms with van der Waals surface area (Å²) in [6.07, 6.45) is 2.60. The zero-order chi connectivity index (χ0) is 18.2. The fourth-order valence-electron chi connectivity index (χ4n) is 2.45. The molecule has 0 aliphatic heterocycles. The van der Waals surface area contributed by atoms with Crippen molar-refractivity contribution in [1.82, 2.24) is 0 Å². The van der Waals surface area contributed by atoms with Crippen LogP contribution in [0.2, 0.25) is 0 Å². The van der Waals surface area contributed by atoms with Gasteiger partial charge in [0.25, 0.3) is 5.91 Å². The quantitative estimate of drug-likeness (QED) is 0.690. The molecule has 0 radical (unpaired) electrons. The van der Waals surface area contributed by atoms with Crippen molar-refractivity contribution in [2.24, 2.45) is 5.92 Å². The number of nitrogens with one attached hydrogen (secondary N) is 1. The Hall–Kier alpha value is -2.06. The SMILES string of the molecule is CCCCOc1ccc(NC(=O)[C@](C)(CC(C)C)OC)c(C#N)c1. The number of hydrogen-bond acceptors (Lipinski definition) is 4. The largest absolute Gasteiger partial charge is 0.494 e. The maximum atomic E-state index is 12.6. The first kappa shape index (κ1) is 20.0. The number of methoxy groups -OCH3 is 1. The molecule has 1 aromatic carbocycles. The van der Waals surface area contributed by atoms with Crippen molar-refractivity contribution < 1.29 is 14.3 Å². The molecule has 1 amide bonds. The predicted octanol–water partition coefficient (Wildman–Crippen LogP) is 4.13. The smallest absolute Gasteiger partial charge is 0.256 e. The van der Waals surface area contributed by atoms with Gasteiger partial charge in [0.15, 0.2) is 0 Å². The lowest BCUT2D eigenvalue weighted by atomic mass is 9.93. The summed E-state index contributed by atoms with van der Waals surface area (Å²) < 4.78 is 11.0. The van der Waals surface area contributed by atoms with Gasteiger partial charge in [0.2, 0.25) is 0 Å². The van der Waals surface area contributed by atoms with E-state index in [1.807, 2.05) is 13.8 Å². The first-order chi connectivity index (χ1) is 11.4. The standard InChI is InChI=1S/C19H28N2O3/c1-6-7-10-24-16-8-9-17(15(11-16)13-20)21-18(22)19(4,23-5)12-14(2)3/h8-9,11,14H,6-7,10,12H2,1-5H3,(H,21,22)/t19-/m0/s1. The number of nitriles is 1. The van der Waals surface area contributed by atoms with Gasteiger partial charge in [-0.15, -0.1) is 0 Å². The van der Waals surface area contributed by atoms with Crippen molar-refractivity contribution in [1.29, 1.82) is 5.26 Å². The molecule has 0 heterocycles. The summed E-state index contributed by atoms with van der Waals surface area (Å²) in [6.45, 7) is 8.54. The summed E-state index contributed by atoms with van der Waals surface area (Å²) in [7, 11) is 1.53. The lowest BCUT2D eigenvalue weighted by molar-refractivity contribution is -0.137. The first-order valence-corrected chi connectivity index (χ1v) is 8.39. The molecule has 0 aliphatic rings. The number of benzene rings is 1. The van der Waals surface area contributed by atoms with Crippen LogP contribution >= 0.6 is 0 Å². The summed E-state index contributed by atoms with van der Waals surface area (Å²) >= 11 is 0. The number of carbonyl (C=O) groups excluding carboxylic acids is 1. The van der Waals surface area contributed by atoms with Gasteiger partial charge in [-0.3, -0.25) is 4.79 Å². The second-order valence-electron chi connectivity index (χ2n) is 6.51. The lowest BCUT2D eigenvalue weighted by Crippen LogP contribution is -2.43. The third-order valence-corrected chi connectivity index (χ3v) is 3.85. The van der Waals surface area contributed by atoms with E-state index in [2.05, 4.69) is 18.3 Å². The van der Waals surface area contributed by atoms with Gasteiger partial charge in [-0.1, -0.05) is 27.2 Å².